The number of amides is 2. The van der Waals surface area contributed by atoms with Gasteiger partial charge >= 0.3 is 6.09 Å². The number of hydrogen-bond acceptors (Lipinski definition) is 7. The second-order valence-corrected chi connectivity index (χ2v) is 10.7. The molecule has 4 heterocycles. The van der Waals surface area contributed by atoms with Gasteiger partial charge in [-0.1, -0.05) is 0 Å². The topological polar surface area (TPSA) is 139 Å². The zero-order valence-electron chi connectivity index (χ0n) is 22.2. The molecule has 11 nitrogen and oxygen atoms in total. The lowest BCUT2D eigenvalue weighted by Crippen LogP contribution is -2.46. The van der Waals surface area contributed by atoms with Crippen LogP contribution < -0.4 is 10.1 Å². The van der Waals surface area contributed by atoms with Gasteiger partial charge in [0.15, 0.2) is 5.79 Å². The maximum atomic E-state index is 13.4. The molecule has 1 aliphatic carbocycles. The molecular weight excluding hydrogens is 502 g/mol. The number of carboxylic acid groups (broad SMARTS) is 1. The van der Waals surface area contributed by atoms with Gasteiger partial charge in [-0.2, -0.15) is 0 Å². The lowest BCUT2D eigenvalue weighted by atomic mass is 10.0. The molecule has 206 valence electrons. The Kier molecular flexibility index (Phi) is 6.64. The van der Waals surface area contributed by atoms with E-state index in [1.165, 1.54) is 24.1 Å². The van der Waals surface area contributed by atoms with Crippen LogP contribution >= 0.6 is 0 Å². The van der Waals surface area contributed by atoms with Crippen molar-refractivity contribution in [1.29, 1.82) is 0 Å². The minimum Gasteiger partial charge on any atom is -0.493 e. The Morgan fingerprint density at radius 2 is 1.92 bits per heavy atom. The number of carbonyl (C=O) groups is 2. The van der Waals surface area contributed by atoms with Crippen LogP contribution in [-0.2, 0) is 15.3 Å². The quantitative estimate of drug-likeness (QED) is 0.415. The number of H-pyrrole nitrogens is 1. The van der Waals surface area contributed by atoms with Gasteiger partial charge in [-0.25, -0.2) is 14.8 Å². The number of nitrogens with one attached hydrogen (secondary N) is 2. The Morgan fingerprint density at radius 3 is 2.62 bits per heavy atom. The summed E-state index contributed by atoms with van der Waals surface area (Å²) in [5.74, 6) is 0.183. The van der Waals surface area contributed by atoms with Crippen LogP contribution in [0.2, 0.25) is 0 Å². The number of aromatic amines is 1. The van der Waals surface area contributed by atoms with Crippen molar-refractivity contribution in [3.63, 3.8) is 0 Å². The predicted molar refractivity (Wildman–Crippen MR) is 142 cm³/mol. The summed E-state index contributed by atoms with van der Waals surface area (Å²) in [6.07, 6.45) is 4.02. The highest BCUT2D eigenvalue weighted by Gasteiger charge is 2.35. The molecule has 2 aromatic heterocycles. The van der Waals surface area contributed by atoms with Gasteiger partial charge < -0.3 is 34.5 Å². The van der Waals surface area contributed by atoms with E-state index in [1.54, 1.807) is 0 Å². The maximum Gasteiger partial charge on any atom is 0.407 e. The highest BCUT2D eigenvalue weighted by Crippen LogP contribution is 2.40. The zero-order chi connectivity index (χ0) is 27.1. The summed E-state index contributed by atoms with van der Waals surface area (Å²) in [4.78, 5) is 38.5. The normalized spacial score (nSPS) is 19.4. The van der Waals surface area contributed by atoms with E-state index in [0.717, 1.165) is 11.1 Å². The van der Waals surface area contributed by atoms with Crippen molar-refractivity contribution < 1.29 is 28.9 Å². The summed E-state index contributed by atoms with van der Waals surface area (Å²) in [5, 5.41) is 12.3. The number of nitrogens with zero attached hydrogens (tertiary/aromatic N) is 3. The number of aromatic nitrogens is 3. The van der Waals surface area contributed by atoms with Crippen LogP contribution in [0.3, 0.4) is 0 Å². The van der Waals surface area contributed by atoms with E-state index in [-0.39, 0.29) is 11.9 Å². The van der Waals surface area contributed by atoms with Crippen LogP contribution in [0.5, 0.6) is 5.75 Å². The molecule has 1 saturated carbocycles. The minimum atomic E-state index is -0.930. The molecule has 2 amide bonds. The Balaban J connectivity index is 1.34. The summed E-state index contributed by atoms with van der Waals surface area (Å²) in [6.45, 7) is 6.22. The molecular formula is C28H33N5O6. The average molecular weight is 536 g/mol. The average Bonchev–Trinajstić information content (AvgIpc) is 3.55. The molecule has 0 bridgehead atoms. The Labute approximate surface area is 225 Å². The Morgan fingerprint density at radius 1 is 1.18 bits per heavy atom. The Hall–Kier alpha value is -3.70. The van der Waals surface area contributed by atoms with Crippen LogP contribution in [-0.4, -0.2) is 75.9 Å². The zero-order valence-corrected chi connectivity index (χ0v) is 22.2. The van der Waals surface area contributed by atoms with Crippen molar-refractivity contribution in [2.75, 3.05) is 32.9 Å². The van der Waals surface area contributed by atoms with Gasteiger partial charge in [-0.15, -0.1) is 0 Å². The van der Waals surface area contributed by atoms with E-state index in [2.05, 4.69) is 20.3 Å². The van der Waals surface area contributed by atoms with Gasteiger partial charge in [-0.05, 0) is 63.6 Å². The fourth-order valence-electron chi connectivity index (χ4n) is 5.37. The van der Waals surface area contributed by atoms with E-state index in [4.69, 9.17) is 14.2 Å². The van der Waals surface area contributed by atoms with Gasteiger partial charge in [0.1, 0.15) is 23.3 Å². The summed E-state index contributed by atoms with van der Waals surface area (Å²) in [6, 6.07) is 5.78. The second-order valence-electron chi connectivity index (χ2n) is 10.7. The van der Waals surface area contributed by atoms with E-state index in [1.807, 2.05) is 32.0 Å². The SMILES string of the molecule is Cc1[nH]c2c(-c3cc(C4(C)OCCO4)ccc3OCC3CC3)ncnc2c1C(=O)NC1CCN(C(=O)O)CC1. The van der Waals surface area contributed by atoms with Gasteiger partial charge in [0.25, 0.3) is 5.91 Å². The number of fused-ring (bicyclic) bond motifs is 1. The number of piperidine rings is 1. The summed E-state index contributed by atoms with van der Waals surface area (Å²) >= 11 is 0. The van der Waals surface area contributed by atoms with E-state index in [0.29, 0.717) is 85.4 Å². The number of carbonyl (C=O) groups excluding carboxylic acids is 1. The smallest absolute Gasteiger partial charge is 0.407 e. The first-order chi connectivity index (χ1) is 18.8. The van der Waals surface area contributed by atoms with Crippen LogP contribution in [0, 0.1) is 12.8 Å². The number of aryl methyl sites for hydroxylation is 1. The highest BCUT2D eigenvalue weighted by atomic mass is 16.7. The molecule has 6 rings (SSSR count). The molecule has 2 saturated heterocycles. The van der Waals surface area contributed by atoms with Crippen molar-refractivity contribution in [3.05, 3.63) is 41.3 Å². The molecule has 0 spiro atoms. The third-order valence-corrected chi connectivity index (χ3v) is 7.87. The van der Waals surface area contributed by atoms with Gasteiger partial charge in [-0.3, -0.25) is 4.79 Å². The first-order valence-corrected chi connectivity index (χ1v) is 13.5. The van der Waals surface area contributed by atoms with Crippen molar-refractivity contribution in [1.82, 2.24) is 25.2 Å². The fourth-order valence-corrected chi connectivity index (χ4v) is 5.37. The van der Waals surface area contributed by atoms with Crippen LogP contribution in [0.25, 0.3) is 22.3 Å². The molecule has 1 aromatic carbocycles. The van der Waals surface area contributed by atoms with Crippen LogP contribution in [0.4, 0.5) is 4.79 Å². The van der Waals surface area contributed by atoms with Crippen molar-refractivity contribution >= 4 is 23.0 Å². The number of benzene rings is 1. The van der Waals surface area contributed by atoms with E-state index >= 15 is 0 Å². The third kappa shape index (κ3) is 5.04. The van der Waals surface area contributed by atoms with Gasteiger partial charge in [0.2, 0.25) is 0 Å². The van der Waals surface area contributed by atoms with Gasteiger partial charge in [0.05, 0.1) is 30.9 Å². The standard InChI is InChI=1S/C28H33N5O6/c1-16-22(26(34)32-19-7-9-33(10-8-19)27(35)36)24-25(31-16)23(29-15-30-24)20-13-18(28(2)38-11-12-39-28)5-6-21(20)37-14-17-3-4-17/h5-6,13,15,17,19,31H,3-4,7-12,14H2,1-2H3,(H,32,34)(H,35,36). The fraction of sp³-hybridized carbons (Fsp3) is 0.500. The lowest BCUT2D eigenvalue weighted by molar-refractivity contribution is -0.149. The van der Waals surface area contributed by atoms with Crippen LogP contribution in [0.15, 0.2) is 24.5 Å². The number of rotatable bonds is 7. The molecule has 3 fully saturated rings. The lowest BCUT2D eigenvalue weighted by Gasteiger charge is -2.30. The van der Waals surface area contributed by atoms with E-state index < -0.39 is 11.9 Å². The number of likely N-dealkylation sites (tertiary alicyclic amines) is 1. The monoisotopic (exact) mass is 535 g/mol. The predicted octanol–water partition coefficient (Wildman–Crippen LogP) is 3.81. The van der Waals surface area contributed by atoms with E-state index in [9.17, 15) is 14.7 Å². The molecule has 3 N–H and O–H groups in total. The minimum absolute atomic E-state index is 0.106. The molecule has 0 atom stereocenters. The number of hydrogen-bond donors (Lipinski definition) is 3. The third-order valence-electron chi connectivity index (χ3n) is 7.87. The van der Waals surface area contributed by atoms with Crippen molar-refractivity contribution in [3.8, 4) is 17.0 Å². The molecule has 0 unspecified atom stereocenters. The number of ether oxygens (including phenoxy) is 3. The molecule has 3 aromatic rings. The second kappa shape index (κ2) is 10.1. The van der Waals surface area contributed by atoms with Crippen LogP contribution in [0.1, 0.15) is 54.2 Å². The summed E-state index contributed by atoms with van der Waals surface area (Å²) in [7, 11) is 0. The summed E-state index contributed by atoms with van der Waals surface area (Å²) in [5.41, 5.74) is 4.57. The first kappa shape index (κ1) is 25.6. The molecule has 11 heteroatoms. The molecule has 39 heavy (non-hydrogen) atoms. The molecule has 0 radical (unpaired) electrons. The van der Waals surface area contributed by atoms with Crippen molar-refractivity contribution in [2.45, 2.75) is 51.4 Å². The van der Waals surface area contributed by atoms with Crippen molar-refractivity contribution in [2.24, 2.45) is 5.92 Å². The maximum absolute atomic E-state index is 13.4. The molecule has 2 aliphatic heterocycles. The Bertz CT molecular complexity index is 1400. The largest absolute Gasteiger partial charge is 0.493 e. The first-order valence-electron chi connectivity index (χ1n) is 13.5. The highest BCUT2D eigenvalue weighted by molar-refractivity contribution is 6.09. The summed E-state index contributed by atoms with van der Waals surface area (Å²) < 4.78 is 18.1. The molecule has 3 aliphatic rings. The van der Waals surface area contributed by atoms with Gasteiger partial charge in [0, 0.05) is 36.0 Å².